The van der Waals surface area contributed by atoms with E-state index in [9.17, 15) is 0 Å². The molecule has 1 aliphatic carbocycles. The molecule has 1 aliphatic rings. The molecular formula is C25H24ClNSi. The lowest BCUT2D eigenvalue weighted by Crippen LogP contribution is -2.28. The van der Waals surface area contributed by atoms with Crippen LogP contribution < -0.4 is 0 Å². The number of allylic oxidation sites excluding steroid dienone is 1. The third kappa shape index (κ3) is 2.52. The van der Waals surface area contributed by atoms with Gasteiger partial charge in [-0.05, 0) is 47.4 Å². The number of halogens is 1. The lowest BCUT2D eigenvalue weighted by molar-refractivity contribution is 1.01. The van der Waals surface area contributed by atoms with Crippen LogP contribution in [0.2, 0.25) is 13.1 Å². The molecule has 3 aromatic carbocycles. The van der Waals surface area contributed by atoms with E-state index in [0.29, 0.717) is 5.54 Å². The van der Waals surface area contributed by atoms with E-state index >= 15 is 0 Å². The minimum Gasteiger partial charge on any atom is -0.344 e. The van der Waals surface area contributed by atoms with Crippen LogP contribution in [0.5, 0.6) is 0 Å². The summed E-state index contributed by atoms with van der Waals surface area (Å²) in [6.45, 7) is 6.74. The van der Waals surface area contributed by atoms with Gasteiger partial charge < -0.3 is 4.57 Å². The normalized spacial score (nSPS) is 16.6. The van der Waals surface area contributed by atoms with E-state index in [2.05, 4.69) is 98.4 Å². The highest BCUT2D eigenvalue weighted by Crippen LogP contribution is 2.46. The van der Waals surface area contributed by atoms with Gasteiger partial charge in [0.1, 0.15) is 0 Å². The SMILES string of the molecule is CC1=Cc2c(-c3ccc4c(c3)c3ccccc3n4C)cccc2C1[Si](C)(C)Cl. The van der Waals surface area contributed by atoms with Crippen molar-refractivity contribution in [3.8, 4) is 11.1 Å². The van der Waals surface area contributed by atoms with Gasteiger partial charge in [0, 0.05) is 34.4 Å². The summed E-state index contributed by atoms with van der Waals surface area (Å²) in [5, 5.41) is 2.63. The quantitative estimate of drug-likeness (QED) is 0.242. The third-order valence-electron chi connectivity index (χ3n) is 6.19. The number of rotatable bonds is 2. The number of para-hydroxylation sites is 1. The molecule has 1 nitrogen and oxygen atoms in total. The van der Waals surface area contributed by atoms with Crippen LogP contribution in [0.15, 0.2) is 66.2 Å². The zero-order valence-corrected chi connectivity index (χ0v) is 18.5. The maximum absolute atomic E-state index is 6.90. The largest absolute Gasteiger partial charge is 0.344 e. The molecule has 0 bridgehead atoms. The fraction of sp³-hybridized carbons (Fsp3) is 0.200. The van der Waals surface area contributed by atoms with E-state index in [0.717, 1.165) is 0 Å². The van der Waals surface area contributed by atoms with Gasteiger partial charge in [-0.1, -0.05) is 67.2 Å². The van der Waals surface area contributed by atoms with Gasteiger partial charge in [-0.2, -0.15) is 11.1 Å². The Balaban J connectivity index is 1.75. The minimum absolute atomic E-state index is 0.394. The molecule has 5 rings (SSSR count). The summed E-state index contributed by atoms with van der Waals surface area (Å²) in [6, 6.07) is 22.2. The van der Waals surface area contributed by atoms with E-state index in [1.54, 1.807) is 0 Å². The maximum atomic E-state index is 6.90. The lowest BCUT2D eigenvalue weighted by atomic mass is 9.96. The van der Waals surface area contributed by atoms with Gasteiger partial charge in [0.25, 0.3) is 0 Å². The highest BCUT2D eigenvalue weighted by atomic mass is 35.6. The van der Waals surface area contributed by atoms with Gasteiger partial charge in [-0.15, -0.1) is 0 Å². The third-order valence-corrected chi connectivity index (χ3v) is 8.98. The van der Waals surface area contributed by atoms with Crippen molar-refractivity contribution < 1.29 is 0 Å². The van der Waals surface area contributed by atoms with Gasteiger partial charge in [0.05, 0.1) is 0 Å². The first-order valence-corrected chi connectivity index (χ1v) is 13.9. The number of benzene rings is 3. The van der Waals surface area contributed by atoms with Crippen molar-refractivity contribution in [2.24, 2.45) is 7.05 Å². The van der Waals surface area contributed by atoms with Gasteiger partial charge in [0.2, 0.25) is 0 Å². The first kappa shape index (κ1) is 17.8. The predicted octanol–water partition coefficient (Wildman–Crippen LogP) is 7.48. The van der Waals surface area contributed by atoms with Gasteiger partial charge in [0.15, 0.2) is 7.38 Å². The van der Waals surface area contributed by atoms with Crippen LogP contribution in [0.1, 0.15) is 23.6 Å². The fourth-order valence-corrected chi connectivity index (χ4v) is 8.08. The van der Waals surface area contributed by atoms with Crippen LogP contribution >= 0.6 is 11.1 Å². The summed E-state index contributed by atoms with van der Waals surface area (Å²) in [5.74, 6) is 0. The summed E-state index contributed by atoms with van der Waals surface area (Å²) in [7, 11) is 0.309. The number of hydrogen-bond donors (Lipinski definition) is 0. The summed E-state index contributed by atoms with van der Waals surface area (Å²) in [6.07, 6.45) is 2.36. The predicted molar refractivity (Wildman–Crippen MR) is 126 cm³/mol. The molecule has 0 saturated carbocycles. The average Bonchev–Trinajstić information content (AvgIpc) is 3.16. The van der Waals surface area contributed by atoms with Crippen LogP contribution in [-0.2, 0) is 7.05 Å². The Labute approximate surface area is 172 Å². The smallest absolute Gasteiger partial charge is 0.161 e. The van der Waals surface area contributed by atoms with E-state index in [4.69, 9.17) is 11.1 Å². The number of aromatic nitrogens is 1. The molecule has 1 atom stereocenters. The number of nitrogens with zero attached hydrogens (tertiary/aromatic N) is 1. The molecular weight excluding hydrogens is 378 g/mol. The molecule has 1 aromatic heterocycles. The highest BCUT2D eigenvalue weighted by Gasteiger charge is 2.37. The van der Waals surface area contributed by atoms with Gasteiger partial charge >= 0.3 is 0 Å². The zero-order valence-electron chi connectivity index (χ0n) is 16.8. The molecule has 4 aromatic rings. The monoisotopic (exact) mass is 401 g/mol. The summed E-state index contributed by atoms with van der Waals surface area (Å²) < 4.78 is 2.28. The molecule has 28 heavy (non-hydrogen) atoms. The molecule has 0 N–H and O–H groups in total. The average molecular weight is 402 g/mol. The molecule has 0 aliphatic heterocycles. The molecule has 0 saturated heterocycles. The molecule has 0 amide bonds. The Bertz CT molecular complexity index is 1270. The fourth-order valence-electron chi connectivity index (χ4n) is 5.05. The maximum Gasteiger partial charge on any atom is 0.161 e. The van der Waals surface area contributed by atoms with Crippen molar-refractivity contribution in [3.05, 3.63) is 77.4 Å². The Morgan fingerprint density at radius 3 is 2.43 bits per heavy atom. The Morgan fingerprint density at radius 2 is 1.64 bits per heavy atom. The second-order valence-corrected chi connectivity index (χ2v) is 15.1. The van der Waals surface area contributed by atoms with Crippen molar-refractivity contribution in [3.63, 3.8) is 0 Å². The number of aryl methyl sites for hydroxylation is 1. The molecule has 0 radical (unpaired) electrons. The summed E-state index contributed by atoms with van der Waals surface area (Å²) >= 11 is 6.90. The van der Waals surface area contributed by atoms with E-state index in [-0.39, 0.29) is 0 Å². The highest BCUT2D eigenvalue weighted by molar-refractivity contribution is 7.20. The first-order chi connectivity index (χ1) is 13.4. The minimum atomic E-state index is -1.84. The van der Waals surface area contributed by atoms with E-state index in [1.807, 2.05) is 0 Å². The molecule has 140 valence electrons. The van der Waals surface area contributed by atoms with Crippen LogP contribution in [0.25, 0.3) is 39.0 Å². The Morgan fingerprint density at radius 1 is 0.893 bits per heavy atom. The van der Waals surface area contributed by atoms with E-state index in [1.165, 1.54) is 49.6 Å². The Hall–Kier alpha value is -2.29. The topological polar surface area (TPSA) is 4.93 Å². The number of fused-ring (bicyclic) bond motifs is 4. The van der Waals surface area contributed by atoms with Crippen LogP contribution in [0.3, 0.4) is 0 Å². The molecule has 1 unspecified atom stereocenters. The number of hydrogen-bond acceptors (Lipinski definition) is 0. The zero-order chi connectivity index (χ0) is 19.6. The standard InChI is InChI=1S/C25H24ClNSi/c1-16-14-21-18(9-7-10-20(21)25(16)28(3,4)26)17-12-13-24-22(15-17)19-8-5-6-11-23(19)27(24)2/h5-15,25H,1-4H3. The van der Waals surface area contributed by atoms with E-state index < -0.39 is 7.38 Å². The first-order valence-electron chi connectivity index (χ1n) is 9.84. The van der Waals surface area contributed by atoms with Crippen LogP contribution in [0, 0.1) is 0 Å². The molecule has 0 spiro atoms. The van der Waals surface area contributed by atoms with Crippen molar-refractivity contribution >= 4 is 46.3 Å². The van der Waals surface area contributed by atoms with Crippen LogP contribution in [-0.4, -0.2) is 12.0 Å². The lowest BCUT2D eigenvalue weighted by Gasteiger charge is -2.25. The summed E-state index contributed by atoms with van der Waals surface area (Å²) in [5.41, 5.74) is 9.69. The second kappa shape index (κ2) is 6.10. The van der Waals surface area contributed by atoms with Gasteiger partial charge in [-0.3, -0.25) is 0 Å². The second-order valence-electron chi connectivity index (χ2n) is 8.50. The molecule has 3 heteroatoms. The van der Waals surface area contributed by atoms with Crippen LogP contribution in [0.4, 0.5) is 0 Å². The van der Waals surface area contributed by atoms with Crippen molar-refractivity contribution in [1.29, 1.82) is 0 Å². The molecule has 0 fully saturated rings. The van der Waals surface area contributed by atoms with Crippen molar-refractivity contribution in [2.75, 3.05) is 0 Å². The van der Waals surface area contributed by atoms with Crippen molar-refractivity contribution in [1.82, 2.24) is 4.57 Å². The van der Waals surface area contributed by atoms with Gasteiger partial charge in [-0.25, -0.2) is 0 Å². The summed E-state index contributed by atoms with van der Waals surface area (Å²) in [4.78, 5) is 0. The van der Waals surface area contributed by atoms with Crippen molar-refractivity contribution in [2.45, 2.75) is 25.6 Å². The molecule has 1 heterocycles. The Kier molecular flexibility index (Phi) is 3.87.